The molecule has 2 aliphatic heterocycles. The molecule has 0 radical (unpaired) electrons. The Morgan fingerprint density at radius 1 is 1.00 bits per heavy atom. The molecule has 0 N–H and O–H groups in total. The van der Waals surface area contributed by atoms with Gasteiger partial charge >= 0.3 is 0 Å². The summed E-state index contributed by atoms with van der Waals surface area (Å²) in [6.07, 6.45) is 2.36. The molecule has 2 aromatic rings. The fraction of sp³-hybridized carbons (Fsp3) is 0.286. The van der Waals surface area contributed by atoms with Crippen molar-refractivity contribution in [2.75, 3.05) is 13.1 Å². The maximum Gasteiger partial charge on any atom is 0.262 e. The summed E-state index contributed by atoms with van der Waals surface area (Å²) in [6, 6.07) is 12.9. The molecule has 138 valence electrons. The Balaban J connectivity index is 1.45. The van der Waals surface area contributed by atoms with Crippen LogP contribution in [0.25, 0.3) is 0 Å². The molecule has 2 aromatic carbocycles. The second kappa shape index (κ2) is 6.95. The van der Waals surface area contributed by atoms with Crippen molar-refractivity contribution in [3.8, 4) is 0 Å². The van der Waals surface area contributed by atoms with Crippen LogP contribution in [0.15, 0.2) is 48.5 Å². The zero-order valence-electron chi connectivity index (χ0n) is 14.7. The van der Waals surface area contributed by atoms with Gasteiger partial charge in [-0.2, -0.15) is 0 Å². The number of rotatable bonds is 4. The average molecular weight is 366 g/mol. The number of amides is 3. The third kappa shape index (κ3) is 3.23. The number of imide groups is 1. The molecule has 0 aromatic heterocycles. The van der Waals surface area contributed by atoms with Crippen LogP contribution in [-0.2, 0) is 11.2 Å². The molecular formula is C21H19FN2O3. The van der Waals surface area contributed by atoms with Gasteiger partial charge in [0.1, 0.15) is 12.4 Å². The first-order chi connectivity index (χ1) is 13.0. The summed E-state index contributed by atoms with van der Waals surface area (Å²) in [7, 11) is 0. The lowest BCUT2D eigenvalue weighted by Gasteiger charge is -2.26. The van der Waals surface area contributed by atoms with Crippen LogP contribution in [0.3, 0.4) is 0 Å². The van der Waals surface area contributed by atoms with Gasteiger partial charge in [0.05, 0.1) is 11.1 Å². The molecule has 1 unspecified atom stereocenters. The number of nitrogens with zero attached hydrogens (tertiary/aromatic N) is 2. The van der Waals surface area contributed by atoms with E-state index < -0.39 is 11.8 Å². The number of carbonyl (C=O) groups is 3. The smallest absolute Gasteiger partial charge is 0.262 e. The van der Waals surface area contributed by atoms with E-state index in [4.69, 9.17) is 0 Å². The SMILES string of the molecule is O=C1c2ccccc2C(=O)N1CC(=O)N1CCCC1Cc1ccc(F)cc1. The number of carbonyl (C=O) groups excluding carboxylic acids is 3. The number of fused-ring (bicyclic) bond motifs is 1. The van der Waals surface area contributed by atoms with E-state index in [2.05, 4.69) is 0 Å². The zero-order chi connectivity index (χ0) is 19.0. The molecule has 5 nitrogen and oxygen atoms in total. The van der Waals surface area contributed by atoms with Crippen LogP contribution in [0.1, 0.15) is 39.1 Å². The van der Waals surface area contributed by atoms with Crippen LogP contribution in [0.4, 0.5) is 4.39 Å². The Hall–Kier alpha value is -3.02. The van der Waals surface area contributed by atoms with E-state index in [0.29, 0.717) is 24.1 Å². The van der Waals surface area contributed by atoms with Gasteiger partial charge in [0.25, 0.3) is 11.8 Å². The minimum atomic E-state index is -0.418. The first kappa shape index (κ1) is 17.4. The van der Waals surface area contributed by atoms with Crippen molar-refractivity contribution in [3.05, 3.63) is 71.0 Å². The molecular weight excluding hydrogens is 347 g/mol. The van der Waals surface area contributed by atoms with Crippen molar-refractivity contribution < 1.29 is 18.8 Å². The average Bonchev–Trinajstić information content (AvgIpc) is 3.23. The maximum atomic E-state index is 13.1. The predicted octanol–water partition coefficient (Wildman–Crippen LogP) is 2.66. The third-order valence-electron chi connectivity index (χ3n) is 5.25. The first-order valence-electron chi connectivity index (χ1n) is 9.04. The van der Waals surface area contributed by atoms with Gasteiger partial charge in [-0.05, 0) is 49.1 Å². The van der Waals surface area contributed by atoms with Crippen LogP contribution in [0, 0.1) is 5.82 Å². The zero-order valence-corrected chi connectivity index (χ0v) is 14.7. The Morgan fingerprint density at radius 2 is 1.63 bits per heavy atom. The lowest BCUT2D eigenvalue weighted by atomic mass is 10.0. The number of benzene rings is 2. The van der Waals surface area contributed by atoms with Crippen molar-refractivity contribution in [3.63, 3.8) is 0 Å². The second-order valence-corrected chi connectivity index (χ2v) is 6.96. The predicted molar refractivity (Wildman–Crippen MR) is 96.6 cm³/mol. The Labute approximate surface area is 156 Å². The highest BCUT2D eigenvalue weighted by molar-refractivity contribution is 6.22. The number of hydrogen-bond acceptors (Lipinski definition) is 3. The van der Waals surface area contributed by atoms with E-state index in [9.17, 15) is 18.8 Å². The van der Waals surface area contributed by atoms with Crippen molar-refractivity contribution >= 4 is 17.7 Å². The lowest BCUT2D eigenvalue weighted by molar-refractivity contribution is -0.132. The van der Waals surface area contributed by atoms with Crippen molar-refractivity contribution in [2.45, 2.75) is 25.3 Å². The molecule has 2 aliphatic rings. The molecule has 1 saturated heterocycles. The van der Waals surface area contributed by atoms with Gasteiger partial charge in [-0.3, -0.25) is 19.3 Å². The summed E-state index contributed by atoms with van der Waals surface area (Å²) >= 11 is 0. The van der Waals surface area contributed by atoms with Crippen LogP contribution in [0.5, 0.6) is 0 Å². The van der Waals surface area contributed by atoms with Gasteiger partial charge in [0.2, 0.25) is 5.91 Å². The van der Waals surface area contributed by atoms with Crippen molar-refractivity contribution in [1.82, 2.24) is 9.80 Å². The fourth-order valence-electron chi connectivity index (χ4n) is 3.88. The van der Waals surface area contributed by atoms with Crippen LogP contribution in [-0.4, -0.2) is 46.7 Å². The third-order valence-corrected chi connectivity index (χ3v) is 5.25. The summed E-state index contributed by atoms with van der Waals surface area (Å²) < 4.78 is 13.1. The number of halogens is 1. The van der Waals surface area contributed by atoms with Gasteiger partial charge in [0.15, 0.2) is 0 Å². The minimum absolute atomic E-state index is 0.00172. The summed E-state index contributed by atoms with van der Waals surface area (Å²) in [4.78, 5) is 40.5. The molecule has 1 fully saturated rings. The van der Waals surface area contributed by atoms with E-state index >= 15 is 0 Å². The van der Waals surface area contributed by atoms with E-state index in [0.717, 1.165) is 23.3 Å². The number of likely N-dealkylation sites (tertiary alicyclic amines) is 1. The van der Waals surface area contributed by atoms with E-state index in [-0.39, 0.29) is 24.3 Å². The molecule has 0 bridgehead atoms. The van der Waals surface area contributed by atoms with Gasteiger partial charge < -0.3 is 4.90 Å². The molecule has 4 rings (SSSR count). The molecule has 0 saturated carbocycles. The summed E-state index contributed by atoms with van der Waals surface area (Å²) in [5, 5.41) is 0. The monoisotopic (exact) mass is 366 g/mol. The highest BCUT2D eigenvalue weighted by Gasteiger charge is 2.38. The fourth-order valence-corrected chi connectivity index (χ4v) is 3.88. The first-order valence-corrected chi connectivity index (χ1v) is 9.04. The summed E-state index contributed by atoms with van der Waals surface area (Å²) in [5.74, 6) is -1.35. The van der Waals surface area contributed by atoms with Crippen LogP contribution < -0.4 is 0 Å². The van der Waals surface area contributed by atoms with Crippen LogP contribution >= 0.6 is 0 Å². The van der Waals surface area contributed by atoms with Gasteiger partial charge in [-0.1, -0.05) is 24.3 Å². The second-order valence-electron chi connectivity index (χ2n) is 6.96. The Kier molecular flexibility index (Phi) is 4.48. The molecule has 6 heteroatoms. The molecule has 0 aliphatic carbocycles. The maximum absolute atomic E-state index is 13.1. The van der Waals surface area contributed by atoms with E-state index in [1.807, 2.05) is 0 Å². The van der Waals surface area contributed by atoms with E-state index in [1.54, 1.807) is 41.3 Å². The number of hydrogen-bond donors (Lipinski definition) is 0. The van der Waals surface area contributed by atoms with Crippen molar-refractivity contribution in [2.24, 2.45) is 0 Å². The Bertz CT molecular complexity index is 875. The highest BCUT2D eigenvalue weighted by atomic mass is 19.1. The molecule has 3 amide bonds. The topological polar surface area (TPSA) is 57.7 Å². The standard InChI is InChI=1S/C21H19FN2O3/c22-15-9-7-14(8-10-15)12-16-4-3-11-23(16)19(25)13-24-20(26)17-5-1-2-6-18(17)21(24)27/h1-2,5-10,16H,3-4,11-13H2. The minimum Gasteiger partial charge on any atom is -0.338 e. The van der Waals surface area contributed by atoms with Gasteiger partial charge in [0, 0.05) is 12.6 Å². The van der Waals surface area contributed by atoms with Gasteiger partial charge in [-0.15, -0.1) is 0 Å². The largest absolute Gasteiger partial charge is 0.338 e. The summed E-state index contributed by atoms with van der Waals surface area (Å²) in [5.41, 5.74) is 1.65. The molecule has 2 heterocycles. The Morgan fingerprint density at radius 3 is 2.26 bits per heavy atom. The van der Waals surface area contributed by atoms with Crippen molar-refractivity contribution in [1.29, 1.82) is 0 Å². The molecule has 1 atom stereocenters. The van der Waals surface area contributed by atoms with Crippen LogP contribution in [0.2, 0.25) is 0 Å². The lowest BCUT2D eigenvalue weighted by Crippen LogP contribution is -2.45. The normalized spacial score (nSPS) is 18.9. The highest BCUT2D eigenvalue weighted by Crippen LogP contribution is 2.25. The molecule has 27 heavy (non-hydrogen) atoms. The quantitative estimate of drug-likeness (QED) is 0.782. The van der Waals surface area contributed by atoms with Gasteiger partial charge in [-0.25, -0.2) is 4.39 Å². The molecule has 0 spiro atoms. The summed E-state index contributed by atoms with van der Waals surface area (Å²) in [6.45, 7) is 0.361. The van der Waals surface area contributed by atoms with E-state index in [1.165, 1.54) is 12.1 Å².